The normalized spacial score (nSPS) is 14.6. The molecule has 0 heterocycles. The molecule has 1 aromatic carbocycles. The van der Waals surface area contributed by atoms with Crippen molar-refractivity contribution in [1.82, 2.24) is 5.32 Å². The van der Waals surface area contributed by atoms with Gasteiger partial charge in [-0.2, -0.15) is 0 Å². The summed E-state index contributed by atoms with van der Waals surface area (Å²) in [5.74, 6) is 1.04. The van der Waals surface area contributed by atoms with Crippen molar-refractivity contribution in [3.63, 3.8) is 0 Å². The van der Waals surface area contributed by atoms with Crippen LogP contribution in [0.1, 0.15) is 30.4 Å². The van der Waals surface area contributed by atoms with Crippen molar-refractivity contribution in [2.24, 2.45) is 0 Å². The first-order chi connectivity index (χ1) is 8.31. The van der Waals surface area contributed by atoms with E-state index in [1.807, 2.05) is 6.08 Å². The van der Waals surface area contributed by atoms with Crippen molar-refractivity contribution in [1.29, 1.82) is 0 Å². The van der Waals surface area contributed by atoms with Crippen LogP contribution in [0.2, 0.25) is 0 Å². The van der Waals surface area contributed by atoms with E-state index in [4.69, 9.17) is 4.74 Å². The van der Waals surface area contributed by atoms with E-state index in [9.17, 15) is 0 Å². The summed E-state index contributed by atoms with van der Waals surface area (Å²) in [6.07, 6.45) is 5.42. The van der Waals surface area contributed by atoms with Crippen molar-refractivity contribution in [2.75, 3.05) is 6.61 Å². The monoisotopic (exact) mass is 231 g/mol. The van der Waals surface area contributed by atoms with Crippen LogP contribution in [-0.2, 0) is 6.54 Å². The fraction of sp³-hybridized carbons (Fsp3) is 0.467. The van der Waals surface area contributed by atoms with Crippen molar-refractivity contribution < 1.29 is 4.74 Å². The Morgan fingerprint density at radius 3 is 3.00 bits per heavy atom. The van der Waals surface area contributed by atoms with Crippen molar-refractivity contribution in [3.8, 4) is 5.75 Å². The molecule has 2 nitrogen and oxygen atoms in total. The topological polar surface area (TPSA) is 21.3 Å². The smallest absolute Gasteiger partial charge is 0.126 e. The molecule has 0 atom stereocenters. The van der Waals surface area contributed by atoms with E-state index in [0.717, 1.165) is 24.8 Å². The molecule has 1 aliphatic rings. The summed E-state index contributed by atoms with van der Waals surface area (Å²) in [4.78, 5) is 0. The van der Waals surface area contributed by atoms with Gasteiger partial charge in [0.15, 0.2) is 0 Å². The van der Waals surface area contributed by atoms with Crippen LogP contribution in [0, 0.1) is 6.92 Å². The predicted molar refractivity (Wildman–Crippen MR) is 71.3 cm³/mol. The van der Waals surface area contributed by atoms with Crippen molar-refractivity contribution >= 4 is 0 Å². The number of nitrogens with one attached hydrogen (secondary N) is 1. The molecule has 1 aliphatic carbocycles. The summed E-state index contributed by atoms with van der Waals surface area (Å²) in [7, 11) is 0. The molecule has 2 heteroatoms. The number of hydrogen-bond acceptors (Lipinski definition) is 2. The second-order valence-corrected chi connectivity index (χ2v) is 4.64. The number of para-hydroxylation sites is 1. The molecule has 1 saturated carbocycles. The van der Waals surface area contributed by atoms with Gasteiger partial charge in [0.25, 0.3) is 0 Å². The second-order valence-electron chi connectivity index (χ2n) is 4.64. The molecule has 0 spiro atoms. The van der Waals surface area contributed by atoms with Gasteiger partial charge in [0.1, 0.15) is 5.75 Å². The molecule has 17 heavy (non-hydrogen) atoms. The van der Waals surface area contributed by atoms with E-state index in [1.165, 1.54) is 24.0 Å². The summed E-state index contributed by atoms with van der Waals surface area (Å²) in [5.41, 5.74) is 2.48. The van der Waals surface area contributed by atoms with E-state index in [0.29, 0.717) is 6.61 Å². The van der Waals surface area contributed by atoms with Gasteiger partial charge in [-0.1, -0.05) is 24.3 Å². The Kier molecular flexibility index (Phi) is 4.21. The molecule has 2 rings (SSSR count). The number of aryl methyl sites for hydroxylation is 1. The molecule has 1 N–H and O–H groups in total. The Morgan fingerprint density at radius 2 is 2.29 bits per heavy atom. The molecular formula is C15H21NO. The Bertz CT molecular complexity index is 383. The van der Waals surface area contributed by atoms with E-state index in [1.54, 1.807) is 0 Å². The van der Waals surface area contributed by atoms with Crippen LogP contribution >= 0.6 is 0 Å². The zero-order valence-corrected chi connectivity index (χ0v) is 10.5. The quantitative estimate of drug-likeness (QED) is 0.575. The van der Waals surface area contributed by atoms with E-state index in [2.05, 4.69) is 37.0 Å². The van der Waals surface area contributed by atoms with Gasteiger partial charge in [-0.3, -0.25) is 0 Å². The number of rotatable bonds is 7. The van der Waals surface area contributed by atoms with E-state index >= 15 is 0 Å². The maximum atomic E-state index is 5.85. The van der Waals surface area contributed by atoms with Gasteiger partial charge >= 0.3 is 0 Å². The average Bonchev–Trinajstić information content (AvgIpc) is 3.13. The first kappa shape index (κ1) is 12.2. The summed E-state index contributed by atoms with van der Waals surface area (Å²) >= 11 is 0. The molecule has 0 amide bonds. The minimum absolute atomic E-state index is 0.713. The lowest BCUT2D eigenvalue weighted by Crippen LogP contribution is -2.16. The minimum Gasteiger partial charge on any atom is -0.493 e. The lowest BCUT2D eigenvalue weighted by Gasteiger charge is -2.14. The van der Waals surface area contributed by atoms with Gasteiger partial charge in [0.05, 0.1) is 6.61 Å². The highest BCUT2D eigenvalue weighted by molar-refractivity contribution is 5.40. The third-order valence-electron chi connectivity index (χ3n) is 3.02. The Morgan fingerprint density at radius 1 is 1.47 bits per heavy atom. The maximum absolute atomic E-state index is 5.85. The highest BCUT2D eigenvalue weighted by Gasteiger charge is 2.20. The third kappa shape index (κ3) is 3.60. The summed E-state index contributed by atoms with van der Waals surface area (Å²) in [6, 6.07) is 7.08. The van der Waals surface area contributed by atoms with Crippen LogP contribution in [-0.4, -0.2) is 12.6 Å². The highest BCUT2D eigenvalue weighted by atomic mass is 16.5. The number of ether oxygens (including phenoxy) is 1. The van der Waals surface area contributed by atoms with Crippen LogP contribution in [0.15, 0.2) is 30.9 Å². The molecule has 0 unspecified atom stereocenters. The Balaban J connectivity index is 2.00. The van der Waals surface area contributed by atoms with Gasteiger partial charge in [-0.05, 0) is 31.7 Å². The van der Waals surface area contributed by atoms with Gasteiger partial charge in [0, 0.05) is 18.2 Å². The molecule has 1 fully saturated rings. The molecule has 1 aromatic rings. The lowest BCUT2D eigenvalue weighted by atomic mass is 10.1. The minimum atomic E-state index is 0.713. The van der Waals surface area contributed by atoms with Gasteiger partial charge in [-0.15, -0.1) is 6.58 Å². The molecule has 0 radical (unpaired) electrons. The first-order valence-corrected chi connectivity index (χ1v) is 6.37. The van der Waals surface area contributed by atoms with Crippen LogP contribution in [0.4, 0.5) is 0 Å². The van der Waals surface area contributed by atoms with Gasteiger partial charge in [0.2, 0.25) is 0 Å². The zero-order chi connectivity index (χ0) is 12.1. The number of benzene rings is 1. The molecule has 0 aliphatic heterocycles. The van der Waals surface area contributed by atoms with E-state index in [-0.39, 0.29) is 0 Å². The fourth-order valence-electron chi connectivity index (χ4n) is 1.85. The second kappa shape index (κ2) is 5.87. The van der Waals surface area contributed by atoms with Crippen molar-refractivity contribution in [2.45, 2.75) is 38.8 Å². The maximum Gasteiger partial charge on any atom is 0.126 e. The molecule has 0 aromatic heterocycles. The Labute approximate surface area is 104 Å². The summed E-state index contributed by atoms with van der Waals surface area (Å²) in [6.45, 7) is 7.44. The predicted octanol–water partition coefficient (Wildman–Crippen LogP) is 3.20. The summed E-state index contributed by atoms with van der Waals surface area (Å²) in [5, 5.41) is 3.53. The molecule has 0 saturated heterocycles. The lowest BCUT2D eigenvalue weighted by molar-refractivity contribution is 0.318. The summed E-state index contributed by atoms with van der Waals surface area (Å²) < 4.78 is 5.85. The van der Waals surface area contributed by atoms with Gasteiger partial charge < -0.3 is 10.1 Å². The van der Waals surface area contributed by atoms with Gasteiger partial charge in [-0.25, -0.2) is 0 Å². The number of hydrogen-bond donors (Lipinski definition) is 1. The van der Waals surface area contributed by atoms with Crippen LogP contribution in [0.3, 0.4) is 0 Å². The SMILES string of the molecule is C=CCCOc1c(C)cccc1CNC1CC1. The molecular weight excluding hydrogens is 210 g/mol. The zero-order valence-electron chi connectivity index (χ0n) is 10.5. The Hall–Kier alpha value is -1.28. The average molecular weight is 231 g/mol. The molecule has 92 valence electrons. The van der Waals surface area contributed by atoms with Crippen molar-refractivity contribution in [3.05, 3.63) is 42.0 Å². The third-order valence-corrected chi connectivity index (χ3v) is 3.02. The fourth-order valence-corrected chi connectivity index (χ4v) is 1.85. The van der Waals surface area contributed by atoms with Crippen LogP contribution in [0.5, 0.6) is 5.75 Å². The standard InChI is InChI=1S/C15H21NO/c1-3-4-10-17-15-12(2)6-5-7-13(15)11-16-14-8-9-14/h3,5-7,14,16H,1,4,8-11H2,2H3. The first-order valence-electron chi connectivity index (χ1n) is 6.37. The largest absolute Gasteiger partial charge is 0.493 e. The molecule has 0 bridgehead atoms. The van der Waals surface area contributed by atoms with E-state index < -0.39 is 0 Å². The van der Waals surface area contributed by atoms with Crippen LogP contribution in [0.25, 0.3) is 0 Å². The van der Waals surface area contributed by atoms with Crippen LogP contribution < -0.4 is 10.1 Å². The highest BCUT2D eigenvalue weighted by Crippen LogP contribution is 2.25.